The van der Waals surface area contributed by atoms with Gasteiger partial charge in [0, 0.05) is 84.2 Å². The van der Waals surface area contributed by atoms with Gasteiger partial charge in [-0.2, -0.15) is 10.4 Å². The van der Waals surface area contributed by atoms with E-state index < -0.39 is 18.2 Å². The molecule has 1 unspecified atom stereocenters. The summed E-state index contributed by atoms with van der Waals surface area (Å²) in [7, 11) is 0. The largest absolute Gasteiger partial charge is 0.489 e. The van der Waals surface area contributed by atoms with Gasteiger partial charge in [0.1, 0.15) is 35.8 Å². The normalized spacial score (nSPS) is 21.8. The first-order valence-corrected chi connectivity index (χ1v) is 26.2. The number of hydrogen-bond donors (Lipinski definition) is 4. The van der Waals surface area contributed by atoms with Crippen LogP contribution >= 0.6 is 22.9 Å². The molecule has 73 heavy (non-hydrogen) atoms. The maximum absolute atomic E-state index is 14.5. The minimum atomic E-state index is -0.828. The van der Waals surface area contributed by atoms with E-state index in [0.29, 0.717) is 21.9 Å². The number of halogens is 1. The van der Waals surface area contributed by atoms with Gasteiger partial charge in [0.2, 0.25) is 11.8 Å². The van der Waals surface area contributed by atoms with Crippen LogP contribution in [0.1, 0.15) is 101 Å². The van der Waals surface area contributed by atoms with E-state index in [1.807, 2.05) is 100 Å². The van der Waals surface area contributed by atoms with E-state index in [2.05, 4.69) is 59.6 Å². The Morgan fingerprint density at radius 2 is 1.67 bits per heavy atom. The Hall–Kier alpha value is -6.80. The first-order chi connectivity index (χ1) is 34.8. The summed E-state index contributed by atoms with van der Waals surface area (Å²) in [6, 6.07) is 24.9. The lowest BCUT2D eigenvalue weighted by atomic mass is 9.49. The quantitative estimate of drug-likeness (QED) is 0.0767. The Morgan fingerprint density at radius 3 is 2.34 bits per heavy atom. The molecule has 2 aliphatic heterocycles. The first kappa shape index (κ1) is 51.1. The molecule has 1 saturated carbocycles. The van der Waals surface area contributed by atoms with E-state index in [9.17, 15) is 24.8 Å². The van der Waals surface area contributed by atoms with E-state index in [-0.39, 0.29) is 71.7 Å². The topological polar surface area (TPSA) is 191 Å². The molecule has 380 valence electrons. The molecule has 1 aliphatic carbocycles. The number of aliphatic hydroxyl groups excluding tert-OH is 1. The molecule has 15 nitrogen and oxygen atoms in total. The van der Waals surface area contributed by atoms with Crippen LogP contribution in [0.3, 0.4) is 0 Å². The number of thiazole rings is 1. The van der Waals surface area contributed by atoms with Crippen LogP contribution in [0.15, 0.2) is 103 Å². The maximum Gasteiger partial charge on any atom is 0.251 e. The SMILES string of the molecule is Cc1ncsc1-c1ccc(C(C)NC(=O)[C@@H]2C[C@@H](O)CN2C(=O)[C@H](C(C)C)n2cc(-c3ccnc(N4CC[C@@H](Nc5ccc(C(=O)N[C@H]6C(C)(C)[C@H](Oc7ccc(C#N)c(Cl)c7)C6(C)C)cc5)C4)c3)cn2)cc1. The summed E-state index contributed by atoms with van der Waals surface area (Å²) in [5, 5.41) is 35.1. The van der Waals surface area contributed by atoms with Crippen LogP contribution in [0.2, 0.25) is 5.02 Å². The number of benzene rings is 3. The highest BCUT2D eigenvalue weighted by molar-refractivity contribution is 7.13. The molecule has 3 fully saturated rings. The molecule has 3 aromatic heterocycles. The van der Waals surface area contributed by atoms with E-state index in [1.165, 1.54) is 4.90 Å². The molecule has 5 heterocycles. The Balaban J connectivity index is 0.789. The molecule has 0 radical (unpaired) electrons. The van der Waals surface area contributed by atoms with Gasteiger partial charge < -0.3 is 35.6 Å². The van der Waals surface area contributed by atoms with Crippen molar-refractivity contribution in [3.05, 3.63) is 130 Å². The molecule has 4 N–H and O–H groups in total. The number of carbonyl (C=O) groups excluding carboxylic acids is 3. The van der Waals surface area contributed by atoms with Crippen molar-refractivity contribution >= 4 is 52.2 Å². The lowest BCUT2D eigenvalue weighted by molar-refractivity contribution is -0.164. The molecule has 9 rings (SSSR count). The Kier molecular flexibility index (Phi) is 14.4. The summed E-state index contributed by atoms with van der Waals surface area (Å²) < 4.78 is 8.08. The van der Waals surface area contributed by atoms with Crippen LogP contribution in [0.25, 0.3) is 21.6 Å². The second kappa shape index (κ2) is 20.6. The highest BCUT2D eigenvalue weighted by Gasteiger charge is 2.64. The number of nitrogens with zero attached hydrogens (tertiary/aromatic N) is 7. The standard InChI is InChI=1S/C56H63ClN10O5S/c1-32(2)48(52(71)66-30-43(68)24-46(66)51(70)62-33(3)35-9-11-36(12-10-35)49-34(4)60-31-73-49)67-28-40(27-61-67)38-19-21-59-47(23-38)65-22-20-42(29-65)63-41-16-13-37(14-17-41)50(69)64-53-55(5,6)54(56(53,7)8)72-44-18-15-39(26-58)45(57)25-44/h9-19,21,23,25,27-28,31-33,42-43,46,48,53-54,63,68H,20,22,24,29-30H2,1-8H3,(H,62,70)(H,64,69)/t33?,42-,43-,46+,48+,53-,54-/m1/s1. The molecule has 0 spiro atoms. The van der Waals surface area contributed by atoms with Crippen molar-refractivity contribution in [1.29, 1.82) is 5.26 Å². The van der Waals surface area contributed by atoms with Crippen LogP contribution in [0, 0.1) is 35.0 Å². The molecule has 2 saturated heterocycles. The van der Waals surface area contributed by atoms with E-state index in [1.54, 1.807) is 46.6 Å². The number of anilines is 2. The Morgan fingerprint density at radius 1 is 0.932 bits per heavy atom. The van der Waals surface area contributed by atoms with Crippen LogP contribution in [-0.4, -0.2) is 97.4 Å². The second-order valence-corrected chi connectivity index (χ2v) is 22.5. The van der Waals surface area contributed by atoms with Gasteiger partial charge in [-0.05, 0) is 91.4 Å². The summed E-state index contributed by atoms with van der Waals surface area (Å²) >= 11 is 7.87. The molecule has 3 aliphatic rings. The van der Waals surface area contributed by atoms with Gasteiger partial charge >= 0.3 is 0 Å². The molecule has 5 atom stereocenters. The summed E-state index contributed by atoms with van der Waals surface area (Å²) in [4.78, 5) is 55.9. The average molecular weight is 1020 g/mol. The predicted molar refractivity (Wildman–Crippen MR) is 284 cm³/mol. The number of pyridine rings is 1. The monoisotopic (exact) mass is 1020 g/mol. The second-order valence-electron chi connectivity index (χ2n) is 21.3. The highest BCUT2D eigenvalue weighted by Crippen LogP contribution is 2.55. The lowest BCUT2D eigenvalue weighted by Gasteiger charge is -2.63. The molecule has 17 heteroatoms. The van der Waals surface area contributed by atoms with E-state index >= 15 is 0 Å². The summed E-state index contributed by atoms with van der Waals surface area (Å²) in [5.41, 5.74) is 7.64. The molecule has 3 aromatic carbocycles. The fourth-order valence-electron chi connectivity index (χ4n) is 11.3. The minimum absolute atomic E-state index is 0.0589. The maximum atomic E-state index is 14.5. The van der Waals surface area contributed by atoms with Crippen molar-refractivity contribution in [3.8, 4) is 33.4 Å². The zero-order chi connectivity index (χ0) is 51.9. The average Bonchev–Trinajstić information content (AvgIpc) is 4.21. The molecular formula is C56H63ClN10O5S. The van der Waals surface area contributed by atoms with Gasteiger partial charge in [-0.3, -0.25) is 19.1 Å². The third kappa shape index (κ3) is 10.4. The number of aromatic nitrogens is 4. The number of hydrogen-bond acceptors (Lipinski definition) is 12. The van der Waals surface area contributed by atoms with Crippen LogP contribution < -0.4 is 25.6 Å². The van der Waals surface area contributed by atoms with Crippen molar-refractivity contribution in [2.24, 2.45) is 16.7 Å². The van der Waals surface area contributed by atoms with Crippen molar-refractivity contribution in [2.45, 2.75) is 111 Å². The van der Waals surface area contributed by atoms with Gasteiger partial charge in [-0.15, -0.1) is 11.3 Å². The van der Waals surface area contributed by atoms with Gasteiger partial charge in [0.25, 0.3) is 5.91 Å². The number of aryl methyl sites for hydroxylation is 1. The summed E-state index contributed by atoms with van der Waals surface area (Å²) in [6.07, 6.45) is 5.41. The van der Waals surface area contributed by atoms with Gasteiger partial charge in [0.05, 0.1) is 45.0 Å². The summed E-state index contributed by atoms with van der Waals surface area (Å²) in [6.45, 7) is 17.7. The van der Waals surface area contributed by atoms with E-state index in [0.717, 1.165) is 63.8 Å². The number of β-amino-alcohol motifs (C(OH)–C–C–N with tert-alkyl or cyclic N) is 1. The third-order valence-corrected chi connectivity index (χ3v) is 16.2. The fraction of sp³-hybridized carbons (Fsp3) is 0.411. The number of nitrogens with one attached hydrogen (secondary N) is 3. The highest BCUT2D eigenvalue weighted by atomic mass is 35.5. The van der Waals surface area contributed by atoms with E-state index in [4.69, 9.17) is 26.4 Å². The number of aliphatic hydroxyl groups is 1. The van der Waals surface area contributed by atoms with Crippen molar-refractivity contribution < 1.29 is 24.2 Å². The number of nitriles is 1. The lowest BCUT2D eigenvalue weighted by Crippen LogP contribution is -2.74. The van der Waals surface area contributed by atoms with Crippen molar-refractivity contribution in [3.63, 3.8) is 0 Å². The Bertz CT molecular complexity index is 3020. The number of carbonyl (C=O) groups is 3. The molecule has 3 amide bonds. The van der Waals surface area contributed by atoms with Gasteiger partial charge in [0.15, 0.2) is 0 Å². The predicted octanol–water partition coefficient (Wildman–Crippen LogP) is 9.24. The molecule has 0 bridgehead atoms. The van der Waals surface area contributed by atoms with Gasteiger partial charge in [-0.25, -0.2) is 9.97 Å². The van der Waals surface area contributed by atoms with Crippen LogP contribution in [0.4, 0.5) is 11.5 Å². The van der Waals surface area contributed by atoms with Crippen molar-refractivity contribution in [2.75, 3.05) is 29.9 Å². The van der Waals surface area contributed by atoms with Crippen LogP contribution in [0.5, 0.6) is 5.75 Å². The minimum Gasteiger partial charge on any atom is -0.489 e. The molecule has 6 aromatic rings. The van der Waals surface area contributed by atoms with Crippen molar-refractivity contribution in [1.82, 2.24) is 35.3 Å². The number of ether oxygens (including phenoxy) is 1. The smallest absolute Gasteiger partial charge is 0.251 e. The number of rotatable bonds is 15. The first-order valence-electron chi connectivity index (χ1n) is 24.9. The number of likely N-dealkylation sites (tertiary alicyclic amines) is 1. The molecular weight excluding hydrogens is 960 g/mol. The zero-order valence-electron chi connectivity index (χ0n) is 42.5. The fourth-order valence-corrected chi connectivity index (χ4v) is 12.4. The number of amides is 3. The summed E-state index contributed by atoms with van der Waals surface area (Å²) in [5.74, 6) is 0.519. The third-order valence-electron chi connectivity index (χ3n) is 15.0. The van der Waals surface area contributed by atoms with Crippen LogP contribution in [-0.2, 0) is 9.59 Å². The Labute approximate surface area is 435 Å². The van der Waals surface area contributed by atoms with Gasteiger partial charge in [-0.1, -0.05) is 77.4 Å². The zero-order valence-corrected chi connectivity index (χ0v) is 44.0.